The zero-order chi connectivity index (χ0) is 11.5. The van der Waals surface area contributed by atoms with E-state index in [0.29, 0.717) is 0 Å². The molecule has 1 heterocycles. The van der Waals surface area contributed by atoms with E-state index < -0.39 is 5.54 Å². The number of likely N-dealkylation sites (N-methyl/N-ethyl adjacent to an activating group) is 1. The van der Waals surface area contributed by atoms with Gasteiger partial charge in [0.1, 0.15) is 0 Å². The van der Waals surface area contributed by atoms with Crippen molar-refractivity contribution in [3.8, 4) is 0 Å². The van der Waals surface area contributed by atoms with E-state index in [9.17, 15) is 4.79 Å². The van der Waals surface area contributed by atoms with Gasteiger partial charge in [0, 0.05) is 12.6 Å². The van der Waals surface area contributed by atoms with E-state index in [0.717, 1.165) is 19.4 Å². The van der Waals surface area contributed by atoms with Crippen LogP contribution in [0.4, 0.5) is 0 Å². The van der Waals surface area contributed by atoms with Crippen molar-refractivity contribution in [1.82, 2.24) is 10.6 Å². The Morgan fingerprint density at radius 3 is 2.67 bits per heavy atom. The average Bonchev–Trinajstić information content (AvgIpc) is 2.17. The summed E-state index contributed by atoms with van der Waals surface area (Å²) in [5.74, 6) is 0.0594. The molecule has 0 aromatic rings. The second-order valence-electron chi connectivity index (χ2n) is 4.75. The van der Waals surface area contributed by atoms with Crippen LogP contribution < -0.4 is 10.6 Å². The SMILES string of the molecule is CNC(C)(C)C(=O)NC1CCOC(C)C1. The van der Waals surface area contributed by atoms with Crippen molar-refractivity contribution >= 4 is 5.91 Å². The Bertz CT molecular complexity index is 229. The minimum atomic E-state index is -0.498. The molecule has 15 heavy (non-hydrogen) atoms. The van der Waals surface area contributed by atoms with Crippen LogP contribution in [-0.2, 0) is 9.53 Å². The maximum Gasteiger partial charge on any atom is 0.239 e. The molecule has 2 unspecified atom stereocenters. The normalized spacial score (nSPS) is 27.5. The number of hydrogen-bond donors (Lipinski definition) is 2. The van der Waals surface area contributed by atoms with Gasteiger partial charge in [-0.2, -0.15) is 0 Å². The Labute approximate surface area is 91.8 Å². The van der Waals surface area contributed by atoms with Gasteiger partial charge >= 0.3 is 0 Å². The van der Waals surface area contributed by atoms with E-state index in [1.165, 1.54) is 0 Å². The molecule has 2 N–H and O–H groups in total. The molecule has 1 aliphatic rings. The van der Waals surface area contributed by atoms with Crippen LogP contribution in [0.1, 0.15) is 33.6 Å². The predicted molar refractivity (Wildman–Crippen MR) is 59.7 cm³/mol. The van der Waals surface area contributed by atoms with Gasteiger partial charge in [0.25, 0.3) is 0 Å². The van der Waals surface area contributed by atoms with E-state index in [1.807, 2.05) is 20.8 Å². The molecule has 1 aliphatic heterocycles. The average molecular weight is 214 g/mol. The molecule has 0 aromatic carbocycles. The molecule has 1 saturated heterocycles. The first-order valence-electron chi connectivity index (χ1n) is 5.57. The molecule has 4 nitrogen and oxygen atoms in total. The Hall–Kier alpha value is -0.610. The van der Waals surface area contributed by atoms with Gasteiger partial charge in [0.15, 0.2) is 0 Å². The fraction of sp³-hybridized carbons (Fsp3) is 0.909. The first-order chi connectivity index (χ1) is 6.95. The molecule has 0 saturated carbocycles. The number of amides is 1. The van der Waals surface area contributed by atoms with Crippen molar-refractivity contribution in [2.75, 3.05) is 13.7 Å². The lowest BCUT2D eigenvalue weighted by Crippen LogP contribution is -2.54. The van der Waals surface area contributed by atoms with E-state index >= 15 is 0 Å². The third-order valence-electron chi connectivity index (χ3n) is 3.01. The third kappa shape index (κ3) is 3.47. The Morgan fingerprint density at radius 2 is 2.13 bits per heavy atom. The zero-order valence-corrected chi connectivity index (χ0v) is 10.1. The molecule has 1 rings (SSSR count). The number of hydrogen-bond acceptors (Lipinski definition) is 3. The van der Waals surface area contributed by atoms with E-state index in [-0.39, 0.29) is 18.1 Å². The van der Waals surface area contributed by atoms with E-state index in [2.05, 4.69) is 10.6 Å². The number of carbonyl (C=O) groups excluding carboxylic acids is 1. The molecular formula is C11H22N2O2. The van der Waals surface area contributed by atoms with Crippen LogP contribution in [-0.4, -0.2) is 37.2 Å². The number of nitrogens with one attached hydrogen (secondary N) is 2. The summed E-state index contributed by atoms with van der Waals surface area (Å²) in [5, 5.41) is 6.06. The van der Waals surface area contributed by atoms with Crippen molar-refractivity contribution in [2.45, 2.75) is 51.3 Å². The van der Waals surface area contributed by atoms with Crippen LogP contribution in [0.5, 0.6) is 0 Å². The number of ether oxygens (including phenoxy) is 1. The molecule has 2 atom stereocenters. The van der Waals surface area contributed by atoms with Crippen molar-refractivity contribution in [1.29, 1.82) is 0 Å². The van der Waals surface area contributed by atoms with E-state index in [4.69, 9.17) is 4.74 Å². The zero-order valence-electron chi connectivity index (χ0n) is 10.1. The first kappa shape index (κ1) is 12.5. The predicted octanol–water partition coefficient (Wildman–Crippen LogP) is 0.668. The minimum Gasteiger partial charge on any atom is -0.378 e. The van der Waals surface area contributed by atoms with Crippen LogP contribution >= 0.6 is 0 Å². The standard InChI is InChI=1S/C11H22N2O2/c1-8-7-9(5-6-15-8)13-10(14)11(2,3)12-4/h8-9,12H,5-7H2,1-4H3,(H,13,14). The summed E-state index contributed by atoms with van der Waals surface area (Å²) in [4.78, 5) is 11.9. The highest BCUT2D eigenvalue weighted by atomic mass is 16.5. The van der Waals surface area contributed by atoms with Crippen LogP contribution in [0, 0.1) is 0 Å². The molecular weight excluding hydrogens is 192 g/mol. The summed E-state index contributed by atoms with van der Waals surface area (Å²) in [6.45, 7) is 6.55. The lowest BCUT2D eigenvalue weighted by Gasteiger charge is -2.31. The monoisotopic (exact) mass is 214 g/mol. The summed E-state index contributed by atoms with van der Waals surface area (Å²) in [7, 11) is 1.80. The fourth-order valence-corrected chi connectivity index (χ4v) is 1.61. The second-order valence-corrected chi connectivity index (χ2v) is 4.75. The molecule has 4 heteroatoms. The highest BCUT2D eigenvalue weighted by Gasteiger charge is 2.29. The Balaban J connectivity index is 2.44. The lowest BCUT2D eigenvalue weighted by atomic mass is 10.0. The van der Waals surface area contributed by atoms with Gasteiger partial charge in [-0.1, -0.05) is 0 Å². The third-order valence-corrected chi connectivity index (χ3v) is 3.01. The van der Waals surface area contributed by atoms with Crippen molar-refractivity contribution < 1.29 is 9.53 Å². The highest BCUT2D eigenvalue weighted by Crippen LogP contribution is 2.14. The van der Waals surface area contributed by atoms with Crippen molar-refractivity contribution in [3.63, 3.8) is 0 Å². The molecule has 0 aliphatic carbocycles. The number of rotatable bonds is 3. The maximum absolute atomic E-state index is 11.9. The van der Waals surface area contributed by atoms with Crippen molar-refractivity contribution in [2.24, 2.45) is 0 Å². The summed E-state index contributed by atoms with van der Waals surface area (Å²) in [6.07, 6.45) is 2.07. The van der Waals surface area contributed by atoms with Gasteiger partial charge in [-0.05, 0) is 40.7 Å². The summed E-state index contributed by atoms with van der Waals surface area (Å²) >= 11 is 0. The minimum absolute atomic E-state index is 0.0594. The van der Waals surface area contributed by atoms with Gasteiger partial charge in [-0.15, -0.1) is 0 Å². The summed E-state index contributed by atoms with van der Waals surface area (Å²) in [5.41, 5.74) is -0.498. The van der Waals surface area contributed by atoms with Crippen LogP contribution in [0.3, 0.4) is 0 Å². The molecule has 0 radical (unpaired) electrons. The molecule has 0 spiro atoms. The molecule has 88 valence electrons. The van der Waals surface area contributed by atoms with Gasteiger partial charge in [0.05, 0.1) is 11.6 Å². The van der Waals surface area contributed by atoms with Crippen LogP contribution in [0.15, 0.2) is 0 Å². The fourth-order valence-electron chi connectivity index (χ4n) is 1.61. The Kier molecular flexibility index (Phi) is 4.11. The summed E-state index contributed by atoms with van der Waals surface area (Å²) < 4.78 is 5.43. The van der Waals surface area contributed by atoms with Crippen molar-refractivity contribution in [3.05, 3.63) is 0 Å². The van der Waals surface area contributed by atoms with Gasteiger partial charge in [0.2, 0.25) is 5.91 Å². The quantitative estimate of drug-likeness (QED) is 0.726. The smallest absolute Gasteiger partial charge is 0.239 e. The van der Waals surface area contributed by atoms with Gasteiger partial charge < -0.3 is 15.4 Å². The molecule has 0 bridgehead atoms. The molecule has 1 amide bonds. The largest absolute Gasteiger partial charge is 0.378 e. The first-order valence-corrected chi connectivity index (χ1v) is 5.57. The molecule has 0 aromatic heterocycles. The van der Waals surface area contributed by atoms with Gasteiger partial charge in [-0.3, -0.25) is 4.79 Å². The Morgan fingerprint density at radius 1 is 1.47 bits per heavy atom. The maximum atomic E-state index is 11.9. The topological polar surface area (TPSA) is 50.4 Å². The number of carbonyl (C=O) groups is 1. The highest BCUT2D eigenvalue weighted by molar-refractivity contribution is 5.85. The van der Waals surface area contributed by atoms with Gasteiger partial charge in [-0.25, -0.2) is 0 Å². The lowest BCUT2D eigenvalue weighted by molar-refractivity contribution is -0.127. The van der Waals surface area contributed by atoms with Crippen LogP contribution in [0.2, 0.25) is 0 Å². The van der Waals surface area contributed by atoms with Crippen LogP contribution in [0.25, 0.3) is 0 Å². The molecule has 1 fully saturated rings. The summed E-state index contributed by atoms with van der Waals surface area (Å²) in [6, 6.07) is 0.258. The van der Waals surface area contributed by atoms with E-state index in [1.54, 1.807) is 7.05 Å². The second kappa shape index (κ2) is 4.94.